The molecule has 0 aliphatic carbocycles. The average Bonchev–Trinajstić information content (AvgIpc) is 2.88. The van der Waals surface area contributed by atoms with Crippen molar-refractivity contribution < 1.29 is 0 Å². The van der Waals surface area contributed by atoms with Gasteiger partial charge in [0, 0.05) is 23.2 Å². The first-order valence-corrected chi connectivity index (χ1v) is 12.0. The Hall–Kier alpha value is -3.52. The summed E-state index contributed by atoms with van der Waals surface area (Å²) < 4.78 is 0. The van der Waals surface area contributed by atoms with Crippen LogP contribution in [0.25, 0.3) is 21.8 Å². The Kier molecular flexibility index (Phi) is 6.17. The third-order valence-electron chi connectivity index (χ3n) is 6.89. The van der Waals surface area contributed by atoms with E-state index < -0.39 is 0 Å². The molecule has 0 bridgehead atoms. The Labute approximate surface area is 196 Å². The van der Waals surface area contributed by atoms with Crippen LogP contribution in [0.5, 0.6) is 0 Å². The van der Waals surface area contributed by atoms with E-state index in [1.54, 1.807) is 0 Å². The minimum absolute atomic E-state index is 0.556. The van der Waals surface area contributed by atoms with Crippen molar-refractivity contribution in [1.82, 2.24) is 9.97 Å². The molecule has 5 aromatic rings. The number of aromatic nitrogens is 2. The molecule has 0 amide bonds. The van der Waals surface area contributed by atoms with Gasteiger partial charge in [0.25, 0.3) is 0 Å². The van der Waals surface area contributed by atoms with Crippen molar-refractivity contribution in [3.05, 3.63) is 120 Å². The molecule has 0 aliphatic rings. The van der Waals surface area contributed by atoms with Gasteiger partial charge in [0.2, 0.25) is 0 Å². The fraction of sp³-hybridized carbons (Fsp3) is 0.226. The van der Waals surface area contributed by atoms with Gasteiger partial charge in [0.05, 0.1) is 11.0 Å². The molecule has 2 aromatic heterocycles. The summed E-state index contributed by atoms with van der Waals surface area (Å²) in [5, 5.41) is 2.34. The third kappa shape index (κ3) is 4.52. The summed E-state index contributed by atoms with van der Waals surface area (Å²) in [6.45, 7) is 4.65. The quantitative estimate of drug-likeness (QED) is 0.244. The summed E-state index contributed by atoms with van der Waals surface area (Å²) in [4.78, 5) is 9.23. The van der Waals surface area contributed by atoms with Gasteiger partial charge in [-0.2, -0.15) is 0 Å². The summed E-state index contributed by atoms with van der Waals surface area (Å²) in [6, 6.07) is 30.7. The maximum Gasteiger partial charge on any atom is 0.0967 e. The van der Waals surface area contributed by atoms with Gasteiger partial charge in [-0.1, -0.05) is 80.6 Å². The molecule has 0 radical (unpaired) electrons. The first-order chi connectivity index (χ1) is 16.2. The highest BCUT2D eigenvalue weighted by atomic mass is 14.7. The topological polar surface area (TPSA) is 25.8 Å². The van der Waals surface area contributed by atoms with Crippen LogP contribution >= 0.6 is 0 Å². The molecule has 2 atom stereocenters. The second-order valence-electron chi connectivity index (χ2n) is 9.08. The molecule has 0 saturated heterocycles. The first-order valence-electron chi connectivity index (χ1n) is 12.0. The normalized spacial score (nSPS) is 13.3. The monoisotopic (exact) mass is 430 g/mol. The van der Waals surface area contributed by atoms with Crippen molar-refractivity contribution in [2.75, 3.05) is 0 Å². The van der Waals surface area contributed by atoms with E-state index in [-0.39, 0.29) is 0 Å². The highest BCUT2D eigenvalue weighted by Crippen LogP contribution is 2.33. The lowest BCUT2D eigenvalue weighted by Gasteiger charge is -2.21. The van der Waals surface area contributed by atoms with Gasteiger partial charge in [-0.25, -0.2) is 0 Å². The van der Waals surface area contributed by atoms with Crippen LogP contribution in [0.15, 0.2) is 97.3 Å². The van der Waals surface area contributed by atoms with Crippen LogP contribution < -0.4 is 0 Å². The van der Waals surface area contributed by atoms with E-state index >= 15 is 0 Å². The fourth-order valence-corrected chi connectivity index (χ4v) is 5.01. The van der Waals surface area contributed by atoms with Gasteiger partial charge in [0.1, 0.15) is 0 Å². The third-order valence-corrected chi connectivity index (χ3v) is 6.89. The van der Waals surface area contributed by atoms with E-state index in [1.165, 1.54) is 34.1 Å². The molecule has 0 aliphatic heterocycles. The van der Waals surface area contributed by atoms with Gasteiger partial charge < -0.3 is 0 Å². The van der Waals surface area contributed by atoms with Crippen LogP contribution in [0.1, 0.15) is 60.8 Å². The molecule has 5 rings (SSSR count). The summed E-state index contributed by atoms with van der Waals surface area (Å²) in [5.41, 5.74) is 7.47. The molecule has 0 spiro atoms. The van der Waals surface area contributed by atoms with Crippen molar-refractivity contribution >= 4 is 21.8 Å². The molecule has 2 nitrogen and oxygen atoms in total. The fourth-order valence-electron chi connectivity index (χ4n) is 5.01. The number of rotatable bonds is 7. The Bertz CT molecular complexity index is 1360. The van der Waals surface area contributed by atoms with Crippen molar-refractivity contribution in [2.24, 2.45) is 0 Å². The summed E-state index contributed by atoms with van der Waals surface area (Å²) in [5.74, 6) is 1.13. The van der Waals surface area contributed by atoms with Crippen molar-refractivity contribution in [3.63, 3.8) is 0 Å². The second kappa shape index (κ2) is 9.54. The van der Waals surface area contributed by atoms with Crippen LogP contribution in [0.4, 0.5) is 0 Å². The minimum Gasteiger partial charge on any atom is -0.254 e. The van der Waals surface area contributed by atoms with Crippen LogP contribution in [-0.4, -0.2) is 9.97 Å². The Morgan fingerprint density at radius 1 is 0.727 bits per heavy atom. The standard InChI is InChI=1S/C31H30N2/c1-3-24(19-22(2)25-9-5-4-6-10-25)26-15-13-23(14-16-26)20-28-21-27-11-7-17-32-30(27)31-29(28)12-8-18-33-31/h4-18,21-22,24H,3,19-20H2,1-2H3. The van der Waals surface area contributed by atoms with E-state index in [4.69, 9.17) is 0 Å². The van der Waals surface area contributed by atoms with E-state index in [0.29, 0.717) is 11.8 Å². The molecule has 0 fully saturated rings. The maximum atomic E-state index is 4.65. The average molecular weight is 431 g/mol. The van der Waals surface area contributed by atoms with E-state index in [9.17, 15) is 0 Å². The molecular formula is C31H30N2. The Morgan fingerprint density at radius 3 is 2.21 bits per heavy atom. The van der Waals surface area contributed by atoms with Crippen molar-refractivity contribution in [3.8, 4) is 0 Å². The van der Waals surface area contributed by atoms with Gasteiger partial charge in [-0.15, -0.1) is 0 Å². The molecule has 33 heavy (non-hydrogen) atoms. The number of nitrogens with zero attached hydrogens (tertiary/aromatic N) is 2. The summed E-state index contributed by atoms with van der Waals surface area (Å²) >= 11 is 0. The highest BCUT2D eigenvalue weighted by Gasteiger charge is 2.15. The molecule has 3 aromatic carbocycles. The lowest BCUT2D eigenvalue weighted by Crippen LogP contribution is -2.04. The lowest BCUT2D eigenvalue weighted by atomic mass is 9.84. The zero-order chi connectivity index (χ0) is 22.6. The molecule has 0 saturated carbocycles. The predicted octanol–water partition coefficient (Wildman–Crippen LogP) is 8.06. The van der Waals surface area contributed by atoms with Crippen LogP contribution in [0.3, 0.4) is 0 Å². The van der Waals surface area contributed by atoms with Crippen molar-refractivity contribution in [1.29, 1.82) is 0 Å². The summed E-state index contributed by atoms with van der Waals surface area (Å²) in [7, 11) is 0. The van der Waals surface area contributed by atoms with Crippen molar-refractivity contribution in [2.45, 2.75) is 44.9 Å². The number of fused-ring (bicyclic) bond motifs is 3. The first kappa shape index (κ1) is 21.3. The molecule has 2 heterocycles. The maximum absolute atomic E-state index is 4.65. The number of benzene rings is 3. The van der Waals surface area contributed by atoms with Crippen LogP contribution in [-0.2, 0) is 6.42 Å². The van der Waals surface area contributed by atoms with Gasteiger partial charge >= 0.3 is 0 Å². The Balaban J connectivity index is 1.39. The highest BCUT2D eigenvalue weighted by molar-refractivity contribution is 6.04. The smallest absolute Gasteiger partial charge is 0.0967 e. The molecular weight excluding hydrogens is 400 g/mol. The number of pyridine rings is 2. The van der Waals surface area contributed by atoms with Gasteiger partial charge in [0.15, 0.2) is 0 Å². The molecule has 2 unspecified atom stereocenters. The molecule has 0 N–H and O–H groups in total. The largest absolute Gasteiger partial charge is 0.254 e. The number of hydrogen-bond donors (Lipinski definition) is 0. The SMILES string of the molecule is CCC(CC(C)c1ccccc1)c1ccc(Cc2cc3cccnc3c3ncccc23)cc1. The Morgan fingerprint density at radius 2 is 1.45 bits per heavy atom. The molecule has 164 valence electrons. The van der Waals surface area contributed by atoms with E-state index in [2.05, 4.69) is 96.6 Å². The van der Waals surface area contributed by atoms with Crippen LogP contribution in [0, 0.1) is 0 Å². The number of hydrogen-bond acceptors (Lipinski definition) is 2. The molecule has 2 heteroatoms. The van der Waals surface area contributed by atoms with E-state index in [0.717, 1.165) is 29.3 Å². The predicted molar refractivity (Wildman–Crippen MR) is 139 cm³/mol. The van der Waals surface area contributed by atoms with Gasteiger partial charge in [-0.3, -0.25) is 9.97 Å². The van der Waals surface area contributed by atoms with Crippen LogP contribution in [0.2, 0.25) is 0 Å². The van der Waals surface area contributed by atoms with E-state index in [1.807, 2.05) is 24.5 Å². The lowest BCUT2D eigenvalue weighted by molar-refractivity contribution is 0.544. The summed E-state index contributed by atoms with van der Waals surface area (Å²) in [6.07, 6.45) is 6.93. The second-order valence-corrected chi connectivity index (χ2v) is 9.08. The van der Waals surface area contributed by atoms with Gasteiger partial charge in [-0.05, 0) is 71.6 Å². The minimum atomic E-state index is 0.556. The zero-order valence-corrected chi connectivity index (χ0v) is 19.4. The zero-order valence-electron chi connectivity index (χ0n) is 19.4.